The smallest absolute Gasteiger partial charge is 0.270 e. The van der Waals surface area contributed by atoms with Gasteiger partial charge in [-0.15, -0.1) is 0 Å². The number of hydrogen-bond donors (Lipinski definition) is 1. The molecule has 0 bridgehead atoms. The van der Waals surface area contributed by atoms with E-state index in [2.05, 4.69) is 20.2 Å². The normalized spacial score (nSPS) is 14.1. The number of nitrogens with one attached hydrogen (secondary N) is 1. The van der Waals surface area contributed by atoms with Crippen LogP contribution < -0.4 is 10.2 Å². The highest BCUT2D eigenvalue weighted by atomic mass is 16.6. The molecule has 1 fully saturated rings. The Labute approximate surface area is 150 Å². The Morgan fingerprint density at radius 2 is 2.08 bits per heavy atom. The SMILES string of the molecule is Cc1cc(N2CCOCC2)nc(CNC(=O)c2cccc([N+](=O)[O-])c2)n1. The van der Waals surface area contributed by atoms with Gasteiger partial charge in [0.1, 0.15) is 11.6 Å². The van der Waals surface area contributed by atoms with E-state index in [1.165, 1.54) is 24.3 Å². The number of hydrogen-bond acceptors (Lipinski definition) is 7. The van der Waals surface area contributed by atoms with E-state index in [9.17, 15) is 14.9 Å². The zero-order chi connectivity index (χ0) is 18.5. The van der Waals surface area contributed by atoms with Gasteiger partial charge in [0.25, 0.3) is 11.6 Å². The minimum absolute atomic E-state index is 0.126. The molecule has 1 aliphatic rings. The summed E-state index contributed by atoms with van der Waals surface area (Å²) >= 11 is 0. The van der Waals surface area contributed by atoms with Crippen LogP contribution in [0.3, 0.4) is 0 Å². The van der Waals surface area contributed by atoms with Crippen LogP contribution in [0.25, 0.3) is 0 Å². The molecule has 9 heteroatoms. The minimum Gasteiger partial charge on any atom is -0.378 e. The third-order valence-electron chi connectivity index (χ3n) is 3.95. The lowest BCUT2D eigenvalue weighted by molar-refractivity contribution is -0.384. The quantitative estimate of drug-likeness (QED) is 0.637. The van der Waals surface area contributed by atoms with Gasteiger partial charge < -0.3 is 15.0 Å². The minimum atomic E-state index is -0.533. The topological polar surface area (TPSA) is 110 Å². The van der Waals surface area contributed by atoms with E-state index in [4.69, 9.17) is 4.74 Å². The molecule has 0 atom stereocenters. The first-order valence-corrected chi connectivity index (χ1v) is 8.23. The Bertz CT molecular complexity index is 821. The van der Waals surface area contributed by atoms with Crippen LogP contribution >= 0.6 is 0 Å². The van der Waals surface area contributed by atoms with Crippen molar-refractivity contribution < 1.29 is 14.5 Å². The molecule has 2 heterocycles. The molecule has 3 rings (SSSR count). The van der Waals surface area contributed by atoms with Gasteiger partial charge in [0, 0.05) is 42.5 Å². The summed E-state index contributed by atoms with van der Waals surface area (Å²) in [6, 6.07) is 7.49. The number of nitro benzene ring substituents is 1. The number of morpholine rings is 1. The van der Waals surface area contributed by atoms with E-state index >= 15 is 0 Å². The number of anilines is 1. The summed E-state index contributed by atoms with van der Waals surface area (Å²) in [5.74, 6) is 0.886. The van der Waals surface area contributed by atoms with Crippen molar-refractivity contribution in [2.75, 3.05) is 31.2 Å². The fourth-order valence-electron chi connectivity index (χ4n) is 2.67. The number of non-ortho nitro benzene ring substituents is 1. The maximum absolute atomic E-state index is 12.2. The fraction of sp³-hybridized carbons (Fsp3) is 0.353. The molecule has 1 aromatic carbocycles. The van der Waals surface area contributed by atoms with Gasteiger partial charge in [-0.25, -0.2) is 9.97 Å². The van der Waals surface area contributed by atoms with Crippen LogP contribution in [0.1, 0.15) is 21.9 Å². The van der Waals surface area contributed by atoms with E-state index in [0.29, 0.717) is 19.0 Å². The predicted octanol–water partition coefficient (Wildman–Crippen LogP) is 1.46. The number of rotatable bonds is 5. The highest BCUT2D eigenvalue weighted by molar-refractivity contribution is 5.94. The van der Waals surface area contributed by atoms with Gasteiger partial charge >= 0.3 is 0 Å². The Hall–Kier alpha value is -3.07. The first kappa shape index (κ1) is 17.7. The lowest BCUT2D eigenvalue weighted by atomic mass is 10.2. The number of aryl methyl sites for hydroxylation is 1. The zero-order valence-electron chi connectivity index (χ0n) is 14.3. The van der Waals surface area contributed by atoms with E-state index in [1.54, 1.807) is 0 Å². The maximum Gasteiger partial charge on any atom is 0.270 e. The average molecular weight is 357 g/mol. The maximum atomic E-state index is 12.2. The molecule has 1 saturated heterocycles. The van der Waals surface area contributed by atoms with Crippen molar-refractivity contribution in [1.82, 2.24) is 15.3 Å². The molecule has 0 aliphatic carbocycles. The van der Waals surface area contributed by atoms with Gasteiger partial charge in [-0.2, -0.15) is 0 Å². The van der Waals surface area contributed by atoms with Crippen LogP contribution in [0, 0.1) is 17.0 Å². The Morgan fingerprint density at radius 3 is 2.81 bits per heavy atom. The van der Waals surface area contributed by atoms with Gasteiger partial charge in [0.2, 0.25) is 0 Å². The van der Waals surface area contributed by atoms with Crippen molar-refractivity contribution in [3.8, 4) is 0 Å². The fourth-order valence-corrected chi connectivity index (χ4v) is 2.67. The molecule has 9 nitrogen and oxygen atoms in total. The largest absolute Gasteiger partial charge is 0.378 e. The van der Waals surface area contributed by atoms with Gasteiger partial charge in [0.05, 0.1) is 24.7 Å². The van der Waals surface area contributed by atoms with E-state index in [-0.39, 0.29) is 17.8 Å². The van der Waals surface area contributed by atoms with E-state index in [0.717, 1.165) is 24.6 Å². The summed E-state index contributed by atoms with van der Waals surface area (Å²) in [4.78, 5) is 33.5. The van der Waals surface area contributed by atoms with Gasteiger partial charge in [0.15, 0.2) is 0 Å². The molecule has 136 valence electrons. The van der Waals surface area contributed by atoms with Gasteiger partial charge in [-0.1, -0.05) is 6.07 Å². The summed E-state index contributed by atoms with van der Waals surface area (Å²) in [5, 5.41) is 13.5. The zero-order valence-corrected chi connectivity index (χ0v) is 14.3. The summed E-state index contributed by atoms with van der Waals surface area (Å²) < 4.78 is 5.35. The first-order valence-electron chi connectivity index (χ1n) is 8.23. The monoisotopic (exact) mass is 357 g/mol. The predicted molar refractivity (Wildman–Crippen MR) is 94.1 cm³/mol. The summed E-state index contributed by atoms with van der Waals surface area (Å²) in [6.45, 7) is 4.84. The number of amides is 1. The second kappa shape index (κ2) is 7.87. The van der Waals surface area contributed by atoms with Crippen LogP contribution in [0.5, 0.6) is 0 Å². The van der Waals surface area contributed by atoms with Crippen LogP contribution in [-0.4, -0.2) is 47.1 Å². The number of nitrogens with zero attached hydrogens (tertiary/aromatic N) is 4. The average Bonchev–Trinajstić information content (AvgIpc) is 2.66. The van der Waals surface area contributed by atoms with Crippen molar-refractivity contribution >= 4 is 17.4 Å². The highest BCUT2D eigenvalue weighted by Crippen LogP contribution is 2.15. The lowest BCUT2D eigenvalue weighted by Crippen LogP contribution is -2.37. The third-order valence-corrected chi connectivity index (χ3v) is 3.95. The summed E-state index contributed by atoms with van der Waals surface area (Å²) in [6.07, 6.45) is 0. The lowest BCUT2D eigenvalue weighted by Gasteiger charge is -2.28. The Morgan fingerprint density at radius 1 is 1.31 bits per heavy atom. The van der Waals surface area contributed by atoms with Crippen LogP contribution in [0.2, 0.25) is 0 Å². The van der Waals surface area contributed by atoms with Crippen molar-refractivity contribution in [2.24, 2.45) is 0 Å². The second-order valence-corrected chi connectivity index (χ2v) is 5.87. The molecule has 1 amide bonds. The highest BCUT2D eigenvalue weighted by Gasteiger charge is 2.15. The summed E-state index contributed by atoms with van der Waals surface area (Å²) in [7, 11) is 0. The molecule has 1 N–H and O–H groups in total. The van der Waals surface area contributed by atoms with Crippen molar-refractivity contribution in [2.45, 2.75) is 13.5 Å². The number of carbonyl (C=O) groups is 1. The van der Waals surface area contributed by atoms with Crippen LogP contribution in [0.4, 0.5) is 11.5 Å². The molecule has 0 unspecified atom stereocenters. The van der Waals surface area contributed by atoms with Gasteiger partial charge in [-0.05, 0) is 13.0 Å². The number of benzene rings is 1. The number of carbonyl (C=O) groups excluding carboxylic acids is 1. The molecule has 1 aromatic heterocycles. The standard InChI is InChI=1S/C17H19N5O4/c1-12-9-16(21-5-7-26-8-6-21)20-15(19-12)11-18-17(23)13-3-2-4-14(10-13)22(24)25/h2-4,9-10H,5-8,11H2,1H3,(H,18,23). The van der Waals surface area contributed by atoms with Crippen molar-refractivity contribution in [3.63, 3.8) is 0 Å². The molecule has 1 aliphatic heterocycles. The van der Waals surface area contributed by atoms with Crippen LogP contribution in [0.15, 0.2) is 30.3 Å². The second-order valence-electron chi connectivity index (χ2n) is 5.87. The van der Waals surface area contributed by atoms with E-state index in [1.807, 2.05) is 13.0 Å². The first-order chi connectivity index (χ1) is 12.5. The summed E-state index contributed by atoms with van der Waals surface area (Å²) in [5.41, 5.74) is 0.903. The molecular formula is C17H19N5O4. The Kier molecular flexibility index (Phi) is 5.37. The molecule has 2 aromatic rings. The number of aromatic nitrogens is 2. The molecule has 26 heavy (non-hydrogen) atoms. The Balaban J connectivity index is 1.69. The molecule has 0 radical (unpaired) electrons. The molecule has 0 saturated carbocycles. The molecular weight excluding hydrogens is 338 g/mol. The van der Waals surface area contributed by atoms with Crippen molar-refractivity contribution in [1.29, 1.82) is 0 Å². The number of nitro groups is 1. The van der Waals surface area contributed by atoms with Crippen LogP contribution in [-0.2, 0) is 11.3 Å². The number of ether oxygens (including phenoxy) is 1. The van der Waals surface area contributed by atoms with E-state index < -0.39 is 10.8 Å². The molecule has 0 spiro atoms. The van der Waals surface area contributed by atoms with Crippen molar-refractivity contribution in [3.05, 3.63) is 57.5 Å². The van der Waals surface area contributed by atoms with Gasteiger partial charge in [-0.3, -0.25) is 14.9 Å². The third kappa shape index (κ3) is 4.31.